The van der Waals surface area contributed by atoms with E-state index in [1.54, 1.807) is 11.3 Å². The van der Waals surface area contributed by atoms with Crippen LogP contribution in [0, 0.1) is 5.92 Å². The Morgan fingerprint density at radius 1 is 1.46 bits per heavy atom. The number of ether oxygens (including phenoxy) is 1. The van der Waals surface area contributed by atoms with Crippen LogP contribution in [0.5, 0.6) is 0 Å². The summed E-state index contributed by atoms with van der Waals surface area (Å²) in [6.45, 7) is 13.0. The van der Waals surface area contributed by atoms with Crippen molar-refractivity contribution in [1.29, 1.82) is 0 Å². The average Bonchev–Trinajstić information content (AvgIpc) is 3.03. The molecule has 1 saturated heterocycles. The van der Waals surface area contributed by atoms with E-state index in [0.717, 1.165) is 45.3 Å². The topological polar surface area (TPSA) is 48.9 Å². The molecule has 138 valence electrons. The molecule has 1 aliphatic heterocycles. The van der Waals surface area contributed by atoms with Gasteiger partial charge in [0.05, 0.1) is 19.3 Å². The van der Waals surface area contributed by atoms with Crippen molar-refractivity contribution < 1.29 is 4.74 Å². The number of nitrogens with one attached hydrogen (secondary N) is 2. The van der Waals surface area contributed by atoms with Crippen LogP contribution in [0.25, 0.3) is 0 Å². The molecule has 2 heterocycles. The van der Waals surface area contributed by atoms with E-state index in [1.807, 2.05) is 0 Å². The zero-order chi connectivity index (χ0) is 16.5. The molecule has 5 nitrogen and oxygen atoms in total. The normalized spacial score (nSPS) is 19.2. The van der Waals surface area contributed by atoms with Crippen molar-refractivity contribution in [3.05, 3.63) is 22.4 Å². The number of nitrogens with zero attached hydrogens (tertiary/aromatic N) is 2. The molecule has 1 fully saturated rings. The van der Waals surface area contributed by atoms with Gasteiger partial charge in [0.2, 0.25) is 0 Å². The lowest BCUT2D eigenvalue weighted by atomic mass is 10.2. The number of thiophene rings is 1. The monoisotopic (exact) mass is 466 g/mol. The molecular formula is C17H31IN4OS. The maximum atomic E-state index is 5.88. The van der Waals surface area contributed by atoms with E-state index in [-0.39, 0.29) is 30.1 Å². The molecule has 1 aromatic heterocycles. The van der Waals surface area contributed by atoms with Crippen LogP contribution in [0.1, 0.15) is 26.3 Å². The van der Waals surface area contributed by atoms with Crippen molar-refractivity contribution >= 4 is 41.3 Å². The van der Waals surface area contributed by atoms with Crippen molar-refractivity contribution in [2.24, 2.45) is 10.9 Å². The van der Waals surface area contributed by atoms with E-state index in [4.69, 9.17) is 4.74 Å². The van der Waals surface area contributed by atoms with Gasteiger partial charge in [-0.15, -0.1) is 24.0 Å². The summed E-state index contributed by atoms with van der Waals surface area (Å²) in [5, 5.41) is 10.9. The zero-order valence-electron chi connectivity index (χ0n) is 15.0. The molecule has 0 radical (unpaired) electrons. The quantitative estimate of drug-likeness (QED) is 0.369. The zero-order valence-corrected chi connectivity index (χ0v) is 18.1. The van der Waals surface area contributed by atoms with E-state index < -0.39 is 0 Å². The number of hydrogen-bond acceptors (Lipinski definition) is 4. The predicted molar refractivity (Wildman–Crippen MR) is 114 cm³/mol. The third-order valence-corrected chi connectivity index (χ3v) is 4.42. The van der Waals surface area contributed by atoms with Crippen LogP contribution >= 0.6 is 35.3 Å². The second-order valence-corrected chi connectivity index (χ2v) is 7.13. The van der Waals surface area contributed by atoms with E-state index in [1.165, 1.54) is 5.56 Å². The number of rotatable bonds is 7. The molecule has 2 N–H and O–H groups in total. The lowest BCUT2D eigenvalue weighted by Gasteiger charge is -2.34. The molecule has 2 rings (SSSR count). The van der Waals surface area contributed by atoms with Gasteiger partial charge in [0.1, 0.15) is 0 Å². The van der Waals surface area contributed by atoms with Crippen LogP contribution in [0.3, 0.4) is 0 Å². The summed E-state index contributed by atoms with van der Waals surface area (Å²) in [7, 11) is 0. The summed E-state index contributed by atoms with van der Waals surface area (Å²) >= 11 is 1.71. The summed E-state index contributed by atoms with van der Waals surface area (Å²) in [6.07, 6.45) is 0.229. The molecule has 0 bridgehead atoms. The minimum Gasteiger partial charge on any atom is -0.374 e. The van der Waals surface area contributed by atoms with E-state index >= 15 is 0 Å². The first-order valence-electron chi connectivity index (χ1n) is 8.54. The van der Waals surface area contributed by atoms with Gasteiger partial charge < -0.3 is 15.4 Å². The highest BCUT2D eigenvalue weighted by atomic mass is 127. The molecule has 0 spiro atoms. The molecule has 1 aliphatic rings. The Balaban J connectivity index is 0.00000288. The fourth-order valence-electron chi connectivity index (χ4n) is 2.69. The molecule has 0 aliphatic carbocycles. The number of guanidine groups is 1. The van der Waals surface area contributed by atoms with Gasteiger partial charge in [-0.1, -0.05) is 13.8 Å². The van der Waals surface area contributed by atoms with E-state index in [0.29, 0.717) is 12.5 Å². The minimum atomic E-state index is 0. The Hall–Kier alpha value is -0.380. The molecule has 1 atom stereocenters. The Morgan fingerprint density at radius 2 is 2.29 bits per heavy atom. The molecule has 0 amide bonds. The second kappa shape index (κ2) is 12.1. The standard InChI is InChI=1S/C17H30N4OS.HI/c1-4-18-17(19-9-15-5-8-23-13-15)20-10-16-12-21(6-7-22-16)11-14(2)3;/h5,8,13-14,16H,4,6-7,9-12H2,1-3H3,(H2,18,19,20);1H. The number of morpholine rings is 1. The van der Waals surface area contributed by atoms with Crippen molar-refractivity contribution in [3.8, 4) is 0 Å². The van der Waals surface area contributed by atoms with Crippen LogP contribution < -0.4 is 10.6 Å². The van der Waals surface area contributed by atoms with Crippen LogP contribution in [-0.4, -0.2) is 56.3 Å². The number of halogens is 1. The predicted octanol–water partition coefficient (Wildman–Crippen LogP) is 2.78. The summed E-state index contributed by atoms with van der Waals surface area (Å²) < 4.78 is 5.88. The SMILES string of the molecule is CCNC(=NCc1ccsc1)NCC1CN(CC(C)C)CCO1.I. The maximum Gasteiger partial charge on any atom is 0.191 e. The van der Waals surface area contributed by atoms with Crippen LogP contribution in [0.15, 0.2) is 21.8 Å². The lowest BCUT2D eigenvalue weighted by Crippen LogP contribution is -2.50. The van der Waals surface area contributed by atoms with Crippen LogP contribution in [0.4, 0.5) is 0 Å². The van der Waals surface area contributed by atoms with Crippen molar-refractivity contribution in [2.45, 2.75) is 33.4 Å². The summed E-state index contributed by atoms with van der Waals surface area (Å²) in [6, 6.07) is 2.12. The van der Waals surface area contributed by atoms with Gasteiger partial charge in [-0.25, -0.2) is 4.99 Å². The molecule has 24 heavy (non-hydrogen) atoms. The Morgan fingerprint density at radius 3 is 2.96 bits per heavy atom. The Bertz CT molecular complexity index is 467. The van der Waals surface area contributed by atoms with Gasteiger partial charge in [0, 0.05) is 32.7 Å². The highest BCUT2D eigenvalue weighted by Crippen LogP contribution is 2.08. The number of aliphatic imine (C=N–C) groups is 1. The highest BCUT2D eigenvalue weighted by molar-refractivity contribution is 14.0. The van der Waals surface area contributed by atoms with Gasteiger partial charge in [-0.2, -0.15) is 11.3 Å². The van der Waals surface area contributed by atoms with Gasteiger partial charge in [-0.05, 0) is 35.2 Å². The fourth-order valence-corrected chi connectivity index (χ4v) is 3.35. The fraction of sp³-hybridized carbons (Fsp3) is 0.706. The molecule has 0 aromatic carbocycles. The molecule has 1 unspecified atom stereocenters. The Labute approximate surface area is 167 Å². The third-order valence-electron chi connectivity index (χ3n) is 3.69. The first kappa shape index (κ1) is 21.7. The highest BCUT2D eigenvalue weighted by Gasteiger charge is 2.20. The first-order chi connectivity index (χ1) is 11.2. The van der Waals surface area contributed by atoms with E-state index in [2.05, 4.69) is 58.1 Å². The molecular weight excluding hydrogens is 435 g/mol. The maximum absolute atomic E-state index is 5.88. The van der Waals surface area contributed by atoms with E-state index in [9.17, 15) is 0 Å². The largest absolute Gasteiger partial charge is 0.374 e. The minimum absolute atomic E-state index is 0. The van der Waals surface area contributed by atoms with Crippen LogP contribution in [0.2, 0.25) is 0 Å². The van der Waals surface area contributed by atoms with Gasteiger partial charge >= 0.3 is 0 Å². The van der Waals surface area contributed by atoms with Crippen molar-refractivity contribution in [1.82, 2.24) is 15.5 Å². The Kier molecular flexibility index (Phi) is 10.9. The van der Waals surface area contributed by atoms with Gasteiger partial charge in [0.15, 0.2) is 5.96 Å². The van der Waals surface area contributed by atoms with Gasteiger partial charge in [0.25, 0.3) is 0 Å². The first-order valence-corrected chi connectivity index (χ1v) is 9.49. The molecule has 0 saturated carbocycles. The van der Waals surface area contributed by atoms with Crippen LogP contribution in [-0.2, 0) is 11.3 Å². The third kappa shape index (κ3) is 8.13. The summed E-state index contributed by atoms with van der Waals surface area (Å²) in [4.78, 5) is 7.14. The second-order valence-electron chi connectivity index (χ2n) is 6.35. The van der Waals surface area contributed by atoms with Crippen molar-refractivity contribution in [3.63, 3.8) is 0 Å². The average molecular weight is 466 g/mol. The summed E-state index contributed by atoms with van der Waals surface area (Å²) in [5.74, 6) is 1.56. The van der Waals surface area contributed by atoms with Gasteiger partial charge in [-0.3, -0.25) is 4.90 Å². The molecule has 7 heteroatoms. The molecule has 1 aromatic rings. The number of hydrogen-bond donors (Lipinski definition) is 2. The lowest BCUT2D eigenvalue weighted by molar-refractivity contribution is -0.0284. The smallest absolute Gasteiger partial charge is 0.191 e. The summed E-state index contributed by atoms with van der Waals surface area (Å²) in [5.41, 5.74) is 1.25. The van der Waals surface area contributed by atoms with Crippen molar-refractivity contribution in [2.75, 3.05) is 39.3 Å².